The van der Waals surface area contributed by atoms with Crippen LogP contribution in [-0.4, -0.2) is 30.1 Å². The highest BCUT2D eigenvalue weighted by atomic mass is 32.1. The molecule has 5 heterocycles. The van der Waals surface area contributed by atoms with E-state index in [2.05, 4.69) is 50.4 Å². The maximum Gasteiger partial charge on any atom is 0.159 e. The number of hydrogen-bond donors (Lipinski definition) is 2. The van der Waals surface area contributed by atoms with Crippen molar-refractivity contribution >= 4 is 33.4 Å². The van der Waals surface area contributed by atoms with Crippen molar-refractivity contribution in [1.29, 1.82) is 0 Å². The minimum atomic E-state index is 0.698. The highest BCUT2D eigenvalue weighted by Crippen LogP contribution is 2.35. The predicted molar refractivity (Wildman–Crippen MR) is 136 cm³/mol. The van der Waals surface area contributed by atoms with Crippen molar-refractivity contribution < 1.29 is 0 Å². The molecule has 5 aromatic heterocycles. The first-order valence-electron chi connectivity index (χ1n) is 10.5. The second-order valence-electron chi connectivity index (χ2n) is 7.75. The Balaban J connectivity index is 1.59. The van der Waals surface area contributed by atoms with Crippen LogP contribution < -0.4 is 0 Å². The Morgan fingerprint density at radius 3 is 2.73 bits per heavy atom. The van der Waals surface area contributed by atoms with Crippen LogP contribution in [-0.2, 0) is 0 Å². The van der Waals surface area contributed by atoms with E-state index in [0.29, 0.717) is 5.82 Å². The summed E-state index contributed by atoms with van der Waals surface area (Å²) >= 11 is 1.70. The predicted octanol–water partition coefficient (Wildman–Crippen LogP) is 6.43. The standard InChI is InChI=1S/C26H22N6S/c1-5-7-18(23-10-9-22(33-23)15(2)3)24-16(4)29-26(30-24)25-19-12-20(17-8-6-11-27-13-17)28-14-21(19)31-32-25/h5-14H,1-2H2,3-4H3,(H,29,30)(H,31,32)/b18-7-. The quantitative estimate of drug-likeness (QED) is 0.292. The molecule has 0 saturated carbocycles. The van der Waals surface area contributed by atoms with E-state index in [4.69, 9.17) is 4.98 Å². The summed E-state index contributed by atoms with van der Waals surface area (Å²) in [5, 5.41) is 8.55. The third-order valence-corrected chi connectivity index (χ3v) is 6.63. The smallest absolute Gasteiger partial charge is 0.159 e. The van der Waals surface area contributed by atoms with Crippen molar-refractivity contribution in [3.8, 4) is 22.8 Å². The number of nitrogens with zero attached hydrogens (tertiary/aromatic N) is 4. The van der Waals surface area contributed by atoms with Crippen molar-refractivity contribution in [2.75, 3.05) is 0 Å². The lowest BCUT2D eigenvalue weighted by atomic mass is 10.1. The lowest BCUT2D eigenvalue weighted by molar-refractivity contribution is 1.10. The number of thiophene rings is 1. The number of nitrogens with one attached hydrogen (secondary N) is 2. The molecule has 0 fully saturated rings. The minimum absolute atomic E-state index is 0.698. The number of rotatable bonds is 6. The Bertz CT molecular complexity index is 1520. The lowest BCUT2D eigenvalue weighted by Crippen LogP contribution is -1.88. The molecule has 0 amide bonds. The average molecular weight is 451 g/mol. The molecule has 0 aliphatic rings. The summed E-state index contributed by atoms with van der Waals surface area (Å²) in [6.07, 6.45) is 9.13. The van der Waals surface area contributed by atoms with Gasteiger partial charge in [0.1, 0.15) is 5.69 Å². The molecule has 6 nitrogen and oxygen atoms in total. The summed E-state index contributed by atoms with van der Waals surface area (Å²) in [5.41, 5.74) is 7.27. The third kappa shape index (κ3) is 3.83. The number of fused-ring (bicyclic) bond motifs is 1. The van der Waals surface area contributed by atoms with Crippen LogP contribution >= 0.6 is 11.3 Å². The Morgan fingerprint density at radius 1 is 1.15 bits per heavy atom. The van der Waals surface area contributed by atoms with E-state index < -0.39 is 0 Å². The Labute approximate surface area is 195 Å². The normalized spacial score (nSPS) is 11.8. The van der Waals surface area contributed by atoms with Gasteiger partial charge in [0.15, 0.2) is 5.82 Å². The largest absolute Gasteiger partial charge is 0.340 e. The Hall–Kier alpha value is -4.10. The van der Waals surface area contributed by atoms with Crippen LogP contribution in [0.25, 0.3) is 44.8 Å². The summed E-state index contributed by atoms with van der Waals surface area (Å²) < 4.78 is 0. The van der Waals surface area contributed by atoms with E-state index in [-0.39, 0.29) is 0 Å². The molecule has 162 valence electrons. The van der Waals surface area contributed by atoms with Gasteiger partial charge in [0.05, 0.1) is 23.1 Å². The molecule has 5 aromatic rings. The van der Waals surface area contributed by atoms with Gasteiger partial charge in [-0.15, -0.1) is 11.3 Å². The molecule has 0 bridgehead atoms. The van der Waals surface area contributed by atoms with Gasteiger partial charge in [0, 0.05) is 44.4 Å². The second-order valence-corrected chi connectivity index (χ2v) is 8.83. The molecule has 33 heavy (non-hydrogen) atoms. The Morgan fingerprint density at radius 2 is 2.00 bits per heavy atom. The molecule has 7 heteroatoms. The zero-order valence-corrected chi connectivity index (χ0v) is 19.2. The van der Waals surface area contributed by atoms with Crippen LogP contribution in [0.2, 0.25) is 0 Å². The molecule has 0 spiro atoms. The molecule has 0 atom stereocenters. The second kappa shape index (κ2) is 8.44. The van der Waals surface area contributed by atoms with Crippen LogP contribution in [0.3, 0.4) is 0 Å². The number of imidazole rings is 1. The summed E-state index contributed by atoms with van der Waals surface area (Å²) in [4.78, 5) is 19.4. The SMILES string of the molecule is C=C/C=C(/c1ccc(C(=C)C)s1)c1nc(-c2n[nH]c3cnc(-c4cccnc4)cc23)[nH]c1C. The first-order chi connectivity index (χ1) is 16.0. The zero-order chi connectivity index (χ0) is 22.9. The molecule has 0 radical (unpaired) electrons. The van der Waals surface area contributed by atoms with Crippen molar-refractivity contribution in [2.24, 2.45) is 0 Å². The van der Waals surface area contributed by atoms with Gasteiger partial charge in [-0.2, -0.15) is 5.10 Å². The van der Waals surface area contributed by atoms with E-state index in [1.807, 2.05) is 38.1 Å². The maximum absolute atomic E-state index is 4.95. The molecular formula is C26H22N6S. The van der Waals surface area contributed by atoms with Gasteiger partial charge in [0.2, 0.25) is 0 Å². The molecule has 0 aliphatic heterocycles. The number of hydrogen-bond acceptors (Lipinski definition) is 5. The van der Waals surface area contributed by atoms with Crippen molar-refractivity contribution in [2.45, 2.75) is 13.8 Å². The fourth-order valence-corrected chi connectivity index (χ4v) is 4.67. The topological polar surface area (TPSA) is 83.1 Å². The van der Waals surface area contributed by atoms with Gasteiger partial charge in [-0.1, -0.05) is 25.3 Å². The molecule has 0 unspecified atom stereocenters. The number of allylic oxidation sites excluding steroid dienone is 3. The first kappa shape index (κ1) is 20.8. The van der Waals surface area contributed by atoms with Crippen LogP contribution in [0.4, 0.5) is 0 Å². The zero-order valence-electron chi connectivity index (χ0n) is 18.4. The number of aromatic nitrogens is 6. The summed E-state index contributed by atoms with van der Waals surface area (Å²) in [6, 6.07) is 10.1. The summed E-state index contributed by atoms with van der Waals surface area (Å²) in [6.45, 7) is 12.0. The van der Waals surface area contributed by atoms with Crippen molar-refractivity contribution in [3.63, 3.8) is 0 Å². The van der Waals surface area contributed by atoms with Crippen LogP contribution in [0.15, 0.2) is 74.2 Å². The lowest BCUT2D eigenvalue weighted by Gasteiger charge is -2.02. The average Bonchev–Trinajstić information content (AvgIpc) is 3.56. The van der Waals surface area contributed by atoms with Gasteiger partial charge in [-0.05, 0) is 49.8 Å². The van der Waals surface area contributed by atoms with Gasteiger partial charge < -0.3 is 4.98 Å². The number of aryl methyl sites for hydroxylation is 1. The highest BCUT2D eigenvalue weighted by molar-refractivity contribution is 7.14. The van der Waals surface area contributed by atoms with E-state index in [0.717, 1.165) is 60.1 Å². The first-order valence-corrected chi connectivity index (χ1v) is 11.3. The number of aromatic amines is 2. The van der Waals surface area contributed by atoms with Crippen molar-refractivity contribution in [1.82, 2.24) is 30.1 Å². The third-order valence-electron chi connectivity index (χ3n) is 5.35. The minimum Gasteiger partial charge on any atom is -0.340 e. The van der Waals surface area contributed by atoms with Crippen LogP contribution in [0.1, 0.15) is 28.1 Å². The van der Waals surface area contributed by atoms with Crippen LogP contribution in [0.5, 0.6) is 0 Å². The van der Waals surface area contributed by atoms with Gasteiger partial charge >= 0.3 is 0 Å². The fourth-order valence-electron chi connectivity index (χ4n) is 3.71. The molecule has 2 N–H and O–H groups in total. The van der Waals surface area contributed by atoms with Gasteiger partial charge in [-0.3, -0.25) is 15.1 Å². The molecule has 5 rings (SSSR count). The highest BCUT2D eigenvalue weighted by Gasteiger charge is 2.19. The summed E-state index contributed by atoms with van der Waals surface area (Å²) in [7, 11) is 0. The Kier molecular flexibility index (Phi) is 5.32. The van der Waals surface area contributed by atoms with Gasteiger partial charge in [-0.25, -0.2) is 4.98 Å². The molecule has 0 saturated heterocycles. The monoisotopic (exact) mass is 450 g/mol. The van der Waals surface area contributed by atoms with E-state index in [1.165, 1.54) is 0 Å². The maximum atomic E-state index is 4.95. The number of H-pyrrole nitrogens is 2. The molecule has 0 aliphatic carbocycles. The van der Waals surface area contributed by atoms with Crippen LogP contribution in [0, 0.1) is 6.92 Å². The van der Waals surface area contributed by atoms with Crippen molar-refractivity contribution in [3.05, 3.63) is 95.4 Å². The van der Waals surface area contributed by atoms with Gasteiger partial charge in [0.25, 0.3) is 0 Å². The molecular weight excluding hydrogens is 428 g/mol. The number of pyridine rings is 2. The van der Waals surface area contributed by atoms with E-state index in [1.54, 1.807) is 36.0 Å². The molecule has 0 aromatic carbocycles. The van der Waals surface area contributed by atoms with E-state index >= 15 is 0 Å². The van der Waals surface area contributed by atoms with E-state index in [9.17, 15) is 0 Å². The fraction of sp³-hybridized carbons (Fsp3) is 0.0769. The summed E-state index contributed by atoms with van der Waals surface area (Å²) in [5.74, 6) is 0.698.